The second-order valence-corrected chi connectivity index (χ2v) is 35.8. The Morgan fingerprint density at radius 3 is 0.880 bits per heavy atom. The van der Waals surface area contributed by atoms with Crippen LogP contribution in [0.5, 0.6) is 0 Å². The van der Waals surface area contributed by atoms with Crippen molar-refractivity contribution in [3.63, 3.8) is 0 Å². The summed E-state index contributed by atoms with van der Waals surface area (Å²) in [6.07, 6.45) is 0. The number of hydrogen-bond donors (Lipinski definition) is 0. The van der Waals surface area contributed by atoms with Crippen LogP contribution in [0.15, 0.2) is 516 Å². The van der Waals surface area contributed by atoms with Gasteiger partial charge in [0.15, 0.2) is 52.4 Å². The Bertz CT molecular complexity index is 9480. The molecule has 27 rings (SSSR count). The van der Waals surface area contributed by atoms with Gasteiger partial charge in [-0.2, -0.15) is 0 Å². The first-order valence-corrected chi connectivity index (χ1v) is 47.9. The highest BCUT2D eigenvalue weighted by Crippen LogP contribution is 2.44. The first-order valence-electron chi connectivity index (χ1n) is 47.9. The van der Waals surface area contributed by atoms with Gasteiger partial charge in [-0.05, 0) is 218 Å². The van der Waals surface area contributed by atoms with E-state index in [0.29, 0.717) is 52.4 Å². The van der Waals surface area contributed by atoms with Gasteiger partial charge in [0, 0.05) is 50.1 Å². The quantitative estimate of drug-likeness (QED) is 0.0981. The minimum Gasteiger partial charge on any atom is -0.208 e. The number of rotatable bonds is 14. The van der Waals surface area contributed by atoms with Crippen LogP contribution in [0, 0.1) is 0 Å². The molecule has 0 saturated carbocycles. The van der Waals surface area contributed by atoms with Gasteiger partial charge in [0.05, 0.1) is 0 Å². The lowest BCUT2D eigenvalue weighted by atomic mass is 9.90. The standard InChI is InChI=1S/C51H33N3.C43H27N3.C39H25N3/c1-3-13-34(14-4-1)36-25-27-37(28-26-36)49-52-50(41-20-11-18-38(31-41)35-15-5-2-6-16-35)54-51(53-49)42-29-30-44-39(32-42)19-12-24-46(44)48-33-40-17-7-8-21-43(40)45-22-9-10-23-47(45)48;1-2-11-30(12-3-1)41-44-42(34-22-19-28-10-4-5-13-31(28)24-34)46-43(45-41)35-23-20-29-18-21-33(25-36(29)26-35)40-27-32-14-6-7-15-37(32)38-16-8-9-17-39(38)40;1-3-12-27(13-4-1)37-40-38(28-14-5-2-6-15-28)42-39(41-37)36-24-23-33(34-17-9-10-18-35(34)36)30-21-22-32-29(25-30)20-19-26-11-7-8-16-31(26)32/h1-33H;1-27H;1-25H. The van der Waals surface area contributed by atoms with E-state index in [9.17, 15) is 0 Å². The topological polar surface area (TPSA) is 116 Å². The van der Waals surface area contributed by atoms with E-state index in [1.54, 1.807) is 0 Å². The van der Waals surface area contributed by atoms with E-state index in [4.69, 9.17) is 44.9 Å². The first kappa shape index (κ1) is 84.6. The summed E-state index contributed by atoms with van der Waals surface area (Å²) in [5.74, 6) is 5.86. The summed E-state index contributed by atoms with van der Waals surface area (Å²) in [5, 5.41) is 24.3. The minimum atomic E-state index is 0.635. The van der Waals surface area contributed by atoms with Gasteiger partial charge >= 0.3 is 0 Å². The van der Waals surface area contributed by atoms with Gasteiger partial charge in [-0.1, -0.05) is 461 Å². The van der Waals surface area contributed by atoms with Gasteiger partial charge in [-0.15, -0.1) is 0 Å². The second-order valence-electron chi connectivity index (χ2n) is 35.8. The third-order valence-corrected chi connectivity index (χ3v) is 27.1. The van der Waals surface area contributed by atoms with Crippen LogP contribution in [-0.2, 0) is 0 Å². The summed E-state index contributed by atoms with van der Waals surface area (Å²) in [7, 11) is 0. The van der Waals surface area contributed by atoms with Crippen molar-refractivity contribution in [3.05, 3.63) is 516 Å². The summed E-state index contributed by atoms with van der Waals surface area (Å²) in [5.41, 5.74) is 20.4. The summed E-state index contributed by atoms with van der Waals surface area (Å²) in [6.45, 7) is 0. The maximum Gasteiger partial charge on any atom is 0.164 e. The van der Waals surface area contributed by atoms with Gasteiger partial charge in [-0.3, -0.25) is 0 Å². The monoisotopic (exact) mass is 1810 g/mol. The average Bonchev–Trinajstić information content (AvgIpc) is 0.746. The van der Waals surface area contributed by atoms with Crippen molar-refractivity contribution in [2.24, 2.45) is 0 Å². The van der Waals surface area contributed by atoms with E-state index in [-0.39, 0.29) is 0 Å². The molecule has 24 aromatic carbocycles. The van der Waals surface area contributed by atoms with E-state index in [1.807, 2.05) is 103 Å². The number of hydrogen-bond acceptors (Lipinski definition) is 9. The minimum absolute atomic E-state index is 0.635. The summed E-state index contributed by atoms with van der Waals surface area (Å²) in [4.78, 5) is 45.2. The maximum atomic E-state index is 5.14. The van der Waals surface area contributed by atoms with E-state index in [2.05, 4.69) is 413 Å². The van der Waals surface area contributed by atoms with Crippen LogP contribution >= 0.6 is 0 Å². The molecule has 9 nitrogen and oxygen atoms in total. The van der Waals surface area contributed by atoms with E-state index >= 15 is 0 Å². The fourth-order valence-electron chi connectivity index (χ4n) is 20.0. The SMILES string of the molecule is c1ccc(-c2ccc(-c3nc(-c4cccc(-c5ccccc5)c4)nc(-c4ccc5c(-c6cc7ccccc7c7ccccc67)cccc5c4)n3)cc2)cc1.c1ccc(-c2nc(-c3ccc4ccccc4c3)nc(-c3ccc4ccc(-c5cc6ccccc6c6ccccc56)cc4c3)n2)cc1.c1ccc(-c2nc(-c3ccccc3)nc(-c3ccc(-c4ccc5c(ccc6ccccc65)c4)c4ccccc34)n2)cc1. The van der Waals surface area contributed by atoms with Gasteiger partial charge in [0.1, 0.15) is 0 Å². The molecule has 0 atom stereocenters. The molecule has 0 spiro atoms. The first-order chi connectivity index (χ1) is 70.3. The van der Waals surface area contributed by atoms with Crippen molar-refractivity contribution in [3.8, 4) is 158 Å². The van der Waals surface area contributed by atoms with E-state index < -0.39 is 0 Å². The number of fused-ring (bicyclic) bond motifs is 13. The zero-order valence-electron chi connectivity index (χ0n) is 77.1. The zero-order valence-corrected chi connectivity index (χ0v) is 77.1. The molecule has 0 bridgehead atoms. The van der Waals surface area contributed by atoms with E-state index in [1.165, 1.54) is 120 Å². The molecular weight excluding hydrogens is 1720 g/mol. The molecule has 142 heavy (non-hydrogen) atoms. The fourth-order valence-corrected chi connectivity index (χ4v) is 20.0. The Morgan fingerprint density at radius 2 is 0.338 bits per heavy atom. The molecule has 0 amide bonds. The molecule has 0 unspecified atom stereocenters. The lowest BCUT2D eigenvalue weighted by molar-refractivity contribution is 1.07. The molecule has 3 aromatic heterocycles. The molecular formula is C133H85N9. The van der Waals surface area contributed by atoms with Crippen molar-refractivity contribution in [2.75, 3.05) is 0 Å². The highest BCUT2D eigenvalue weighted by atomic mass is 15.1. The Kier molecular flexibility index (Phi) is 22.2. The van der Waals surface area contributed by atoms with Crippen LogP contribution in [0.4, 0.5) is 0 Å². The molecule has 3 heterocycles. The predicted molar refractivity (Wildman–Crippen MR) is 591 cm³/mol. The third-order valence-electron chi connectivity index (χ3n) is 27.1. The normalized spacial score (nSPS) is 11.4. The Balaban J connectivity index is 0.000000113. The van der Waals surface area contributed by atoms with Crippen LogP contribution in [-0.4, -0.2) is 44.9 Å². The van der Waals surface area contributed by atoms with Gasteiger partial charge in [-0.25, -0.2) is 44.9 Å². The number of nitrogens with zero attached hydrogens (tertiary/aromatic N) is 9. The lowest BCUT2D eigenvalue weighted by Crippen LogP contribution is -2.00. The summed E-state index contributed by atoms with van der Waals surface area (Å²) >= 11 is 0. The lowest BCUT2D eigenvalue weighted by Gasteiger charge is -2.14. The summed E-state index contributed by atoms with van der Waals surface area (Å²) in [6, 6.07) is 181. The van der Waals surface area contributed by atoms with Gasteiger partial charge in [0.2, 0.25) is 0 Å². The molecule has 0 saturated heterocycles. The largest absolute Gasteiger partial charge is 0.208 e. The van der Waals surface area contributed by atoms with E-state index in [0.717, 1.165) is 93.7 Å². The van der Waals surface area contributed by atoms with Crippen LogP contribution < -0.4 is 0 Å². The van der Waals surface area contributed by atoms with Crippen LogP contribution in [0.3, 0.4) is 0 Å². The molecule has 9 heteroatoms. The average molecular weight is 1810 g/mol. The molecule has 662 valence electrons. The van der Waals surface area contributed by atoms with Gasteiger partial charge in [0.25, 0.3) is 0 Å². The van der Waals surface area contributed by atoms with Crippen molar-refractivity contribution >= 4 is 108 Å². The van der Waals surface area contributed by atoms with Crippen molar-refractivity contribution in [2.45, 2.75) is 0 Å². The molecule has 0 radical (unpaired) electrons. The Morgan fingerprint density at radius 1 is 0.0845 bits per heavy atom. The second kappa shape index (κ2) is 37.2. The molecule has 0 aliphatic heterocycles. The van der Waals surface area contributed by atoms with Crippen molar-refractivity contribution < 1.29 is 0 Å². The Labute approximate surface area is 820 Å². The smallest absolute Gasteiger partial charge is 0.164 e. The van der Waals surface area contributed by atoms with Crippen molar-refractivity contribution in [1.82, 2.24) is 44.9 Å². The number of aromatic nitrogens is 9. The molecule has 0 N–H and O–H groups in total. The number of benzene rings is 24. The van der Waals surface area contributed by atoms with Crippen LogP contribution in [0.2, 0.25) is 0 Å². The molecule has 0 fully saturated rings. The highest BCUT2D eigenvalue weighted by Gasteiger charge is 2.23. The summed E-state index contributed by atoms with van der Waals surface area (Å²) < 4.78 is 0. The molecule has 0 aliphatic rings. The Hall–Kier alpha value is -19.1. The van der Waals surface area contributed by atoms with Crippen LogP contribution in [0.1, 0.15) is 0 Å². The predicted octanol–water partition coefficient (Wildman–Crippen LogP) is 34.5. The maximum absolute atomic E-state index is 5.14. The van der Waals surface area contributed by atoms with Crippen molar-refractivity contribution in [1.29, 1.82) is 0 Å². The fraction of sp³-hybridized carbons (Fsp3) is 0. The highest BCUT2D eigenvalue weighted by molar-refractivity contribution is 6.18. The molecule has 0 aliphatic carbocycles. The zero-order chi connectivity index (χ0) is 94.2. The van der Waals surface area contributed by atoms with Crippen LogP contribution in [0.25, 0.3) is 266 Å². The molecule has 27 aromatic rings. The van der Waals surface area contributed by atoms with Gasteiger partial charge < -0.3 is 0 Å². The third kappa shape index (κ3) is 16.7.